The van der Waals surface area contributed by atoms with Crippen LogP contribution in [-0.2, 0) is 12.8 Å². The maximum absolute atomic E-state index is 6.00. The van der Waals surface area contributed by atoms with Crippen molar-refractivity contribution >= 4 is 35.6 Å². The number of hydrogen-bond acceptors (Lipinski definition) is 4. The van der Waals surface area contributed by atoms with E-state index in [1.165, 1.54) is 11.1 Å². The molecule has 0 bridgehead atoms. The molecule has 0 spiro atoms. The number of anilines is 1. The lowest BCUT2D eigenvalue weighted by molar-refractivity contribution is 0.357. The second-order valence-corrected chi connectivity index (χ2v) is 5.75. The molecule has 26 heavy (non-hydrogen) atoms. The molecule has 140 valence electrons. The Morgan fingerprint density at radius 1 is 1.19 bits per heavy atom. The van der Waals surface area contributed by atoms with Gasteiger partial charge in [-0.3, -0.25) is 4.99 Å². The normalized spacial score (nSPS) is 12.6. The second kappa shape index (κ2) is 9.51. The van der Waals surface area contributed by atoms with Crippen LogP contribution in [-0.4, -0.2) is 33.3 Å². The van der Waals surface area contributed by atoms with E-state index in [1.54, 1.807) is 14.2 Å². The molecular weight excluding hydrogens is 445 g/mol. The molecule has 7 heteroatoms. The van der Waals surface area contributed by atoms with Crippen LogP contribution in [0.4, 0.5) is 5.69 Å². The van der Waals surface area contributed by atoms with Gasteiger partial charge in [0.25, 0.3) is 0 Å². The van der Waals surface area contributed by atoms with Gasteiger partial charge in [0.1, 0.15) is 17.2 Å². The van der Waals surface area contributed by atoms with Gasteiger partial charge in [-0.25, -0.2) is 0 Å². The number of nitrogens with one attached hydrogen (secondary N) is 1. The Morgan fingerprint density at radius 2 is 2.04 bits per heavy atom. The lowest BCUT2D eigenvalue weighted by atomic mass is 10.1. The molecule has 0 unspecified atom stereocenters. The largest absolute Gasteiger partial charge is 0.497 e. The first-order valence-corrected chi connectivity index (χ1v) is 8.23. The topological polar surface area (TPSA) is 78.1 Å². The molecule has 6 nitrogen and oxygen atoms in total. The van der Waals surface area contributed by atoms with Gasteiger partial charge >= 0.3 is 0 Å². The van der Waals surface area contributed by atoms with Crippen LogP contribution in [0.25, 0.3) is 0 Å². The Hall–Kier alpha value is -2.16. The highest BCUT2D eigenvalue weighted by Gasteiger charge is 2.11. The summed E-state index contributed by atoms with van der Waals surface area (Å²) in [5.74, 6) is 2.74. The number of halogens is 1. The van der Waals surface area contributed by atoms with E-state index in [0.29, 0.717) is 18.3 Å². The summed E-state index contributed by atoms with van der Waals surface area (Å²) in [7, 11) is 3.22. The van der Waals surface area contributed by atoms with Crippen molar-refractivity contribution in [3.63, 3.8) is 0 Å². The third-order valence-electron chi connectivity index (χ3n) is 4.11. The average molecular weight is 469 g/mol. The number of hydrogen-bond donors (Lipinski definition) is 2. The van der Waals surface area contributed by atoms with Gasteiger partial charge in [-0.1, -0.05) is 12.1 Å². The van der Waals surface area contributed by atoms with Crippen LogP contribution < -0.4 is 25.3 Å². The molecule has 0 radical (unpaired) electrons. The van der Waals surface area contributed by atoms with Crippen molar-refractivity contribution in [2.75, 3.05) is 32.7 Å². The Bertz CT molecular complexity index is 781. The summed E-state index contributed by atoms with van der Waals surface area (Å²) >= 11 is 0. The maximum Gasteiger partial charge on any atom is 0.193 e. The molecule has 1 aliphatic rings. The second-order valence-electron chi connectivity index (χ2n) is 5.75. The van der Waals surface area contributed by atoms with Gasteiger partial charge in [0.15, 0.2) is 5.96 Å². The number of ether oxygens (including phenoxy) is 3. The number of fused-ring (bicyclic) bond motifs is 1. The summed E-state index contributed by atoms with van der Waals surface area (Å²) in [6.07, 6.45) is 1.80. The first-order chi connectivity index (χ1) is 12.2. The van der Waals surface area contributed by atoms with Crippen LogP contribution in [0.5, 0.6) is 17.2 Å². The smallest absolute Gasteiger partial charge is 0.193 e. The number of methoxy groups -OCH3 is 2. The maximum atomic E-state index is 6.00. The fourth-order valence-corrected chi connectivity index (χ4v) is 2.79. The van der Waals surface area contributed by atoms with Crippen LogP contribution >= 0.6 is 24.0 Å². The van der Waals surface area contributed by atoms with E-state index in [1.807, 2.05) is 24.3 Å². The summed E-state index contributed by atoms with van der Waals surface area (Å²) in [6.45, 7) is 1.38. The molecule has 3 N–H and O–H groups in total. The summed E-state index contributed by atoms with van der Waals surface area (Å²) < 4.78 is 16.1. The van der Waals surface area contributed by atoms with Gasteiger partial charge in [-0.2, -0.15) is 0 Å². The highest BCUT2D eigenvalue weighted by molar-refractivity contribution is 14.0. The monoisotopic (exact) mass is 469 g/mol. The highest BCUT2D eigenvalue weighted by atomic mass is 127. The lowest BCUT2D eigenvalue weighted by Crippen LogP contribution is -2.23. The summed E-state index contributed by atoms with van der Waals surface area (Å²) in [5, 5.41) is 3.07. The van der Waals surface area contributed by atoms with Gasteiger partial charge in [-0.15, -0.1) is 24.0 Å². The van der Waals surface area contributed by atoms with Crippen LogP contribution in [0.2, 0.25) is 0 Å². The van der Waals surface area contributed by atoms with E-state index in [9.17, 15) is 0 Å². The van der Waals surface area contributed by atoms with E-state index in [4.69, 9.17) is 19.9 Å². The fourth-order valence-electron chi connectivity index (χ4n) is 2.79. The van der Waals surface area contributed by atoms with Crippen molar-refractivity contribution in [2.45, 2.75) is 12.8 Å². The SMILES string of the molecule is COc1ccc(OC)c(NC(N)=NCCc2ccc3c(c2)CCO3)c1.I. The predicted molar refractivity (Wildman–Crippen MR) is 114 cm³/mol. The summed E-state index contributed by atoms with van der Waals surface area (Å²) in [6, 6.07) is 11.8. The average Bonchev–Trinajstić information content (AvgIpc) is 3.09. The molecule has 0 atom stereocenters. The molecule has 1 heterocycles. The van der Waals surface area contributed by atoms with Crippen LogP contribution in [0.3, 0.4) is 0 Å². The summed E-state index contributed by atoms with van der Waals surface area (Å²) in [4.78, 5) is 4.39. The van der Waals surface area contributed by atoms with Crippen molar-refractivity contribution in [3.05, 3.63) is 47.5 Å². The van der Waals surface area contributed by atoms with Crippen molar-refractivity contribution in [3.8, 4) is 17.2 Å². The lowest BCUT2D eigenvalue weighted by Gasteiger charge is -2.12. The molecule has 1 aliphatic heterocycles. The Kier molecular flexibility index (Phi) is 7.38. The highest BCUT2D eigenvalue weighted by Crippen LogP contribution is 2.29. The molecule has 0 amide bonds. The van der Waals surface area contributed by atoms with E-state index < -0.39 is 0 Å². The van der Waals surface area contributed by atoms with E-state index in [2.05, 4.69) is 22.4 Å². The van der Waals surface area contributed by atoms with Gasteiger partial charge in [0.2, 0.25) is 0 Å². The molecule has 3 rings (SSSR count). The molecule has 0 fully saturated rings. The van der Waals surface area contributed by atoms with Crippen molar-refractivity contribution in [2.24, 2.45) is 10.7 Å². The van der Waals surface area contributed by atoms with Gasteiger partial charge in [0.05, 0.1) is 26.5 Å². The zero-order valence-corrected chi connectivity index (χ0v) is 17.3. The zero-order chi connectivity index (χ0) is 17.6. The number of aliphatic imine (C=N–C) groups is 1. The number of rotatable bonds is 6. The minimum absolute atomic E-state index is 0. The number of nitrogens with two attached hydrogens (primary N) is 1. The first kappa shape index (κ1) is 20.2. The van der Waals surface area contributed by atoms with Crippen molar-refractivity contribution in [1.82, 2.24) is 0 Å². The molecular formula is C19H24IN3O3. The van der Waals surface area contributed by atoms with Gasteiger partial charge in [0, 0.05) is 19.0 Å². The van der Waals surface area contributed by atoms with Crippen LogP contribution in [0, 0.1) is 0 Å². The first-order valence-electron chi connectivity index (χ1n) is 8.23. The van der Waals surface area contributed by atoms with Gasteiger partial charge < -0.3 is 25.3 Å². The standard InChI is InChI=1S/C19H23N3O3.HI/c1-23-15-4-6-18(24-2)16(12-15)22-19(20)21-9-7-13-3-5-17-14(11-13)8-10-25-17;/h3-6,11-12H,7-10H2,1-2H3,(H3,20,21,22);1H. The number of benzene rings is 2. The third-order valence-corrected chi connectivity index (χ3v) is 4.11. The fraction of sp³-hybridized carbons (Fsp3) is 0.316. The van der Waals surface area contributed by atoms with E-state index in [-0.39, 0.29) is 24.0 Å². The Balaban J connectivity index is 0.00000243. The molecule has 0 aromatic heterocycles. The quantitative estimate of drug-likeness (QED) is 0.386. The predicted octanol–water partition coefficient (Wildman–Crippen LogP) is 3.23. The minimum Gasteiger partial charge on any atom is -0.497 e. The molecule has 2 aromatic rings. The number of guanidine groups is 1. The molecule has 0 aliphatic carbocycles. The van der Waals surface area contributed by atoms with Crippen molar-refractivity contribution in [1.29, 1.82) is 0 Å². The van der Waals surface area contributed by atoms with Crippen LogP contribution in [0.1, 0.15) is 11.1 Å². The Labute approximate surface area is 170 Å². The van der Waals surface area contributed by atoms with E-state index >= 15 is 0 Å². The van der Waals surface area contributed by atoms with Crippen molar-refractivity contribution < 1.29 is 14.2 Å². The molecule has 2 aromatic carbocycles. The zero-order valence-electron chi connectivity index (χ0n) is 15.0. The van der Waals surface area contributed by atoms with Gasteiger partial charge in [-0.05, 0) is 35.7 Å². The molecule has 0 saturated heterocycles. The van der Waals surface area contributed by atoms with Crippen LogP contribution in [0.15, 0.2) is 41.4 Å². The minimum atomic E-state index is 0. The summed E-state index contributed by atoms with van der Waals surface area (Å²) in [5.41, 5.74) is 9.23. The molecule has 0 saturated carbocycles. The Morgan fingerprint density at radius 3 is 2.81 bits per heavy atom. The number of nitrogens with zero attached hydrogens (tertiary/aromatic N) is 1. The third kappa shape index (κ3) is 4.94. The van der Waals surface area contributed by atoms with E-state index in [0.717, 1.165) is 36.6 Å².